The van der Waals surface area contributed by atoms with Crippen molar-refractivity contribution in [2.75, 3.05) is 0 Å². The van der Waals surface area contributed by atoms with Gasteiger partial charge in [-0.2, -0.15) is 4.98 Å². The van der Waals surface area contributed by atoms with E-state index in [4.69, 9.17) is 0 Å². The summed E-state index contributed by atoms with van der Waals surface area (Å²) in [6.45, 7) is 2.07. The summed E-state index contributed by atoms with van der Waals surface area (Å²) in [5, 5.41) is 0.667. The molecule has 2 aromatic heterocycles. The summed E-state index contributed by atoms with van der Waals surface area (Å²) < 4.78 is 3.22. The number of benzene rings is 2. The lowest BCUT2D eigenvalue weighted by atomic mass is 10.2. The van der Waals surface area contributed by atoms with Crippen LogP contribution in [-0.2, 0) is 0 Å². The fourth-order valence-corrected chi connectivity index (χ4v) is 3.56. The maximum absolute atomic E-state index is 12.0. The highest BCUT2D eigenvalue weighted by Gasteiger charge is 2.10. The van der Waals surface area contributed by atoms with Crippen LogP contribution >= 0.6 is 11.3 Å². The van der Waals surface area contributed by atoms with Crippen LogP contribution in [0.5, 0.6) is 0 Å². The standard InChI is InChI=1S/C15H10N2OS/c1-9-6-7-12-13(8-9)19-15-16-14(18)10-4-2-3-5-11(10)17(12)15/h2-8H,1H3. The molecule has 19 heavy (non-hydrogen) atoms. The normalized spacial score (nSPS) is 11.6. The Morgan fingerprint density at radius 1 is 1.11 bits per heavy atom. The van der Waals surface area contributed by atoms with E-state index in [1.54, 1.807) is 11.3 Å². The Morgan fingerprint density at radius 2 is 1.95 bits per heavy atom. The van der Waals surface area contributed by atoms with Crippen molar-refractivity contribution in [2.24, 2.45) is 0 Å². The summed E-state index contributed by atoms with van der Waals surface area (Å²) in [6, 6.07) is 13.9. The number of aromatic nitrogens is 2. The Morgan fingerprint density at radius 3 is 2.84 bits per heavy atom. The lowest BCUT2D eigenvalue weighted by Gasteiger charge is -2.01. The van der Waals surface area contributed by atoms with E-state index in [9.17, 15) is 4.79 Å². The summed E-state index contributed by atoms with van der Waals surface area (Å²) in [4.78, 5) is 17.0. The number of hydrogen-bond donors (Lipinski definition) is 0. The van der Waals surface area contributed by atoms with Crippen LogP contribution in [-0.4, -0.2) is 9.38 Å². The molecule has 92 valence electrons. The molecule has 0 spiro atoms. The highest BCUT2D eigenvalue weighted by Crippen LogP contribution is 2.28. The highest BCUT2D eigenvalue weighted by molar-refractivity contribution is 7.23. The van der Waals surface area contributed by atoms with E-state index in [0.717, 1.165) is 20.7 Å². The zero-order valence-corrected chi connectivity index (χ0v) is 11.1. The van der Waals surface area contributed by atoms with Gasteiger partial charge in [0.05, 0.1) is 21.1 Å². The quantitative estimate of drug-likeness (QED) is 0.489. The van der Waals surface area contributed by atoms with Gasteiger partial charge in [-0.25, -0.2) is 0 Å². The predicted octanol–water partition coefficient (Wildman–Crippen LogP) is 3.37. The lowest BCUT2D eigenvalue weighted by Crippen LogP contribution is -2.08. The molecule has 0 fully saturated rings. The monoisotopic (exact) mass is 266 g/mol. The summed E-state index contributed by atoms with van der Waals surface area (Å²) in [5.74, 6) is 0. The van der Waals surface area contributed by atoms with E-state index >= 15 is 0 Å². The lowest BCUT2D eigenvalue weighted by molar-refractivity contribution is 1.21. The van der Waals surface area contributed by atoms with Gasteiger partial charge < -0.3 is 0 Å². The van der Waals surface area contributed by atoms with E-state index in [1.807, 2.05) is 24.3 Å². The number of rotatable bonds is 0. The minimum Gasteiger partial charge on any atom is -0.284 e. The third-order valence-corrected chi connectivity index (χ3v) is 4.32. The van der Waals surface area contributed by atoms with Crippen molar-refractivity contribution in [2.45, 2.75) is 6.92 Å². The molecule has 4 heteroatoms. The first-order valence-corrected chi connectivity index (χ1v) is 6.86. The maximum Gasteiger partial charge on any atom is 0.281 e. The molecule has 4 rings (SSSR count). The average molecular weight is 266 g/mol. The second-order valence-electron chi connectivity index (χ2n) is 4.63. The number of fused-ring (bicyclic) bond motifs is 5. The molecule has 4 aromatic rings. The van der Waals surface area contributed by atoms with E-state index in [2.05, 4.69) is 34.5 Å². The maximum atomic E-state index is 12.0. The number of hydrogen-bond acceptors (Lipinski definition) is 3. The van der Waals surface area contributed by atoms with E-state index in [1.165, 1.54) is 5.56 Å². The molecule has 0 amide bonds. The summed E-state index contributed by atoms with van der Waals surface area (Å²) >= 11 is 1.56. The minimum atomic E-state index is -0.154. The molecular weight excluding hydrogens is 256 g/mol. The zero-order valence-electron chi connectivity index (χ0n) is 10.3. The number of aryl methyl sites for hydroxylation is 1. The molecule has 0 unspecified atom stereocenters. The van der Waals surface area contributed by atoms with Crippen LogP contribution in [0.4, 0.5) is 0 Å². The number of nitrogens with zero attached hydrogens (tertiary/aromatic N) is 2. The van der Waals surface area contributed by atoms with Gasteiger partial charge in [0.2, 0.25) is 0 Å². The van der Waals surface area contributed by atoms with Gasteiger partial charge in [-0.1, -0.05) is 29.5 Å². The van der Waals surface area contributed by atoms with Gasteiger partial charge in [-0.15, -0.1) is 0 Å². The van der Waals surface area contributed by atoms with Crippen molar-refractivity contribution < 1.29 is 0 Å². The number of para-hydroxylation sites is 1. The predicted molar refractivity (Wildman–Crippen MR) is 79.1 cm³/mol. The first-order chi connectivity index (χ1) is 9.24. The largest absolute Gasteiger partial charge is 0.284 e. The van der Waals surface area contributed by atoms with Crippen molar-refractivity contribution in [1.82, 2.24) is 9.38 Å². The molecule has 0 aliphatic heterocycles. The van der Waals surface area contributed by atoms with Gasteiger partial charge in [0, 0.05) is 0 Å². The molecule has 0 saturated carbocycles. The summed E-state index contributed by atoms with van der Waals surface area (Å²) in [5.41, 5.74) is 3.09. The summed E-state index contributed by atoms with van der Waals surface area (Å²) in [7, 11) is 0. The Bertz CT molecular complexity index is 997. The average Bonchev–Trinajstić information content (AvgIpc) is 2.76. The summed E-state index contributed by atoms with van der Waals surface area (Å²) in [6.07, 6.45) is 0. The van der Waals surface area contributed by atoms with Gasteiger partial charge in [0.25, 0.3) is 5.56 Å². The van der Waals surface area contributed by atoms with E-state index in [0.29, 0.717) is 5.39 Å². The van der Waals surface area contributed by atoms with Crippen LogP contribution in [0.2, 0.25) is 0 Å². The van der Waals surface area contributed by atoms with E-state index in [-0.39, 0.29) is 5.56 Å². The Balaban J connectivity index is 2.38. The third kappa shape index (κ3) is 1.43. The molecular formula is C15H10N2OS. The SMILES string of the molecule is Cc1ccc2c(c1)sc1nc(=O)c3ccccc3n12. The van der Waals surface area contributed by atoms with E-state index < -0.39 is 0 Å². The molecule has 3 nitrogen and oxygen atoms in total. The molecule has 0 aliphatic rings. The van der Waals surface area contributed by atoms with Crippen LogP contribution in [0, 0.1) is 6.92 Å². The van der Waals surface area contributed by atoms with Crippen LogP contribution in [0.25, 0.3) is 26.1 Å². The van der Waals surface area contributed by atoms with Gasteiger partial charge in [0.1, 0.15) is 0 Å². The van der Waals surface area contributed by atoms with Crippen LogP contribution < -0.4 is 5.56 Å². The van der Waals surface area contributed by atoms with Crippen molar-refractivity contribution in [1.29, 1.82) is 0 Å². The Labute approximate surface area is 112 Å². The topological polar surface area (TPSA) is 34.4 Å². The Hall–Kier alpha value is -2.20. The third-order valence-electron chi connectivity index (χ3n) is 3.32. The first-order valence-electron chi connectivity index (χ1n) is 6.05. The minimum absolute atomic E-state index is 0.154. The van der Waals surface area contributed by atoms with Crippen molar-refractivity contribution in [3.05, 3.63) is 58.4 Å². The second-order valence-corrected chi connectivity index (χ2v) is 5.63. The fraction of sp³-hybridized carbons (Fsp3) is 0.0667. The molecule has 0 bridgehead atoms. The van der Waals surface area contributed by atoms with Gasteiger partial charge in [-0.05, 0) is 36.8 Å². The van der Waals surface area contributed by atoms with Gasteiger partial charge >= 0.3 is 0 Å². The van der Waals surface area contributed by atoms with Crippen LogP contribution in [0.15, 0.2) is 47.3 Å². The van der Waals surface area contributed by atoms with Crippen molar-refractivity contribution in [3.63, 3.8) is 0 Å². The Kier molecular flexibility index (Phi) is 2.05. The van der Waals surface area contributed by atoms with Gasteiger partial charge in [0.15, 0.2) is 4.96 Å². The zero-order chi connectivity index (χ0) is 13.0. The molecule has 2 aromatic carbocycles. The van der Waals surface area contributed by atoms with Crippen LogP contribution in [0.1, 0.15) is 5.56 Å². The smallest absolute Gasteiger partial charge is 0.281 e. The first kappa shape index (κ1) is 10.7. The molecule has 0 radical (unpaired) electrons. The fourth-order valence-electron chi connectivity index (χ4n) is 2.44. The highest BCUT2D eigenvalue weighted by atomic mass is 32.1. The van der Waals surface area contributed by atoms with Gasteiger partial charge in [-0.3, -0.25) is 9.20 Å². The number of thiazole rings is 1. The molecule has 0 N–H and O–H groups in total. The molecule has 0 aliphatic carbocycles. The van der Waals surface area contributed by atoms with Crippen molar-refractivity contribution in [3.8, 4) is 0 Å². The van der Waals surface area contributed by atoms with Crippen LogP contribution in [0.3, 0.4) is 0 Å². The molecule has 2 heterocycles. The second kappa shape index (κ2) is 3.65. The van der Waals surface area contributed by atoms with Crippen molar-refractivity contribution >= 4 is 37.4 Å². The molecule has 0 atom stereocenters. The molecule has 0 saturated heterocycles.